The van der Waals surface area contributed by atoms with Crippen LogP contribution in [0, 0.1) is 0 Å². The first-order chi connectivity index (χ1) is 25.3. The first-order valence-electron chi connectivity index (χ1n) is 17.4. The molecule has 0 fully saturated rings. The molecule has 0 saturated carbocycles. The van der Waals surface area contributed by atoms with Crippen molar-refractivity contribution in [3.63, 3.8) is 0 Å². The van der Waals surface area contributed by atoms with Gasteiger partial charge in [0.25, 0.3) is 0 Å². The summed E-state index contributed by atoms with van der Waals surface area (Å²) >= 11 is 0. The van der Waals surface area contributed by atoms with Crippen LogP contribution in [0.1, 0.15) is 0 Å². The van der Waals surface area contributed by atoms with E-state index in [1.165, 1.54) is 38.8 Å². The molecule has 0 amide bonds. The number of hydrogen-bond donors (Lipinski definition) is 0. The quantitative estimate of drug-likeness (QED) is 0.173. The molecule has 2 heterocycles. The van der Waals surface area contributed by atoms with Crippen molar-refractivity contribution in [1.29, 1.82) is 0 Å². The third-order valence-electron chi connectivity index (χ3n) is 10.1. The van der Waals surface area contributed by atoms with Crippen molar-refractivity contribution in [1.82, 2.24) is 4.98 Å². The van der Waals surface area contributed by atoms with Gasteiger partial charge in [0.15, 0.2) is 0 Å². The number of pyridine rings is 1. The third kappa shape index (κ3) is 5.00. The fourth-order valence-electron chi connectivity index (χ4n) is 7.61. The minimum atomic E-state index is 0.887. The van der Waals surface area contributed by atoms with Gasteiger partial charge in [-0.15, -0.1) is 0 Å². The number of fused-ring (bicyclic) bond motifs is 7. The van der Waals surface area contributed by atoms with Crippen LogP contribution in [0.25, 0.3) is 99.4 Å². The van der Waals surface area contributed by atoms with Crippen LogP contribution in [0.15, 0.2) is 192 Å². The Morgan fingerprint density at radius 2 is 0.843 bits per heavy atom. The lowest BCUT2D eigenvalue weighted by atomic mass is 9.91. The summed E-state index contributed by atoms with van der Waals surface area (Å²) in [5.41, 5.74) is 14.2. The van der Waals surface area contributed by atoms with Crippen molar-refractivity contribution in [2.45, 2.75) is 0 Å². The van der Waals surface area contributed by atoms with Crippen molar-refractivity contribution >= 4 is 43.6 Å². The lowest BCUT2D eigenvalue weighted by Gasteiger charge is -2.15. The molecule has 0 aliphatic heterocycles. The molecular weight excluding hydrogens is 619 g/mol. The second-order valence-electron chi connectivity index (χ2n) is 13.1. The summed E-state index contributed by atoms with van der Waals surface area (Å²) in [6, 6.07) is 66.8. The lowest BCUT2D eigenvalue weighted by Crippen LogP contribution is -1.93. The molecule has 10 aromatic rings. The summed E-state index contributed by atoms with van der Waals surface area (Å²) in [5, 5.41) is 5.66. The van der Waals surface area contributed by atoms with Crippen molar-refractivity contribution in [3.8, 4) is 55.8 Å². The zero-order valence-corrected chi connectivity index (χ0v) is 27.8. The highest BCUT2D eigenvalue weighted by atomic mass is 16.3. The van der Waals surface area contributed by atoms with E-state index in [9.17, 15) is 0 Å². The predicted octanol–water partition coefficient (Wildman–Crippen LogP) is 13.6. The molecular formula is C49H31NO. The Morgan fingerprint density at radius 1 is 0.314 bits per heavy atom. The minimum absolute atomic E-state index is 0.887. The summed E-state index contributed by atoms with van der Waals surface area (Å²) in [6.07, 6.45) is 0. The number of para-hydroxylation sites is 2. The number of aromatic nitrogens is 1. The van der Waals surface area contributed by atoms with E-state index in [-0.39, 0.29) is 0 Å². The summed E-state index contributed by atoms with van der Waals surface area (Å²) in [4.78, 5) is 5.46. The summed E-state index contributed by atoms with van der Waals surface area (Å²) < 4.78 is 6.38. The van der Waals surface area contributed by atoms with E-state index in [0.717, 1.165) is 60.6 Å². The van der Waals surface area contributed by atoms with Gasteiger partial charge in [-0.25, -0.2) is 4.98 Å². The maximum atomic E-state index is 6.38. The normalized spacial score (nSPS) is 11.5. The molecule has 10 rings (SSSR count). The van der Waals surface area contributed by atoms with E-state index < -0.39 is 0 Å². The second kappa shape index (κ2) is 12.0. The van der Waals surface area contributed by atoms with Gasteiger partial charge in [0.2, 0.25) is 0 Å². The molecule has 0 aliphatic carbocycles. The molecule has 0 bridgehead atoms. The predicted molar refractivity (Wildman–Crippen MR) is 214 cm³/mol. The van der Waals surface area contributed by atoms with Crippen LogP contribution in [0.3, 0.4) is 0 Å². The largest absolute Gasteiger partial charge is 0.456 e. The molecule has 8 aromatic carbocycles. The van der Waals surface area contributed by atoms with Crippen LogP contribution in [0.4, 0.5) is 0 Å². The van der Waals surface area contributed by atoms with Crippen molar-refractivity contribution in [3.05, 3.63) is 188 Å². The number of nitrogens with zero attached hydrogens (tertiary/aromatic N) is 1. The highest BCUT2D eigenvalue weighted by Crippen LogP contribution is 2.43. The maximum Gasteiger partial charge on any atom is 0.136 e. The minimum Gasteiger partial charge on any atom is -0.456 e. The van der Waals surface area contributed by atoms with Crippen molar-refractivity contribution in [2.75, 3.05) is 0 Å². The van der Waals surface area contributed by atoms with Gasteiger partial charge in [-0.1, -0.05) is 152 Å². The third-order valence-corrected chi connectivity index (χ3v) is 10.1. The average molecular weight is 650 g/mol. The summed E-state index contributed by atoms with van der Waals surface area (Å²) in [7, 11) is 0. The fraction of sp³-hybridized carbons (Fsp3) is 0. The Bertz CT molecular complexity index is 2810. The van der Waals surface area contributed by atoms with Crippen molar-refractivity contribution < 1.29 is 4.42 Å². The van der Waals surface area contributed by atoms with Gasteiger partial charge >= 0.3 is 0 Å². The van der Waals surface area contributed by atoms with Gasteiger partial charge in [-0.2, -0.15) is 0 Å². The molecule has 2 nitrogen and oxygen atoms in total. The van der Waals surface area contributed by atoms with Gasteiger partial charge in [0, 0.05) is 38.1 Å². The van der Waals surface area contributed by atoms with E-state index in [4.69, 9.17) is 9.40 Å². The molecule has 0 radical (unpaired) electrons. The van der Waals surface area contributed by atoms with E-state index in [1.807, 2.05) is 12.1 Å². The van der Waals surface area contributed by atoms with Gasteiger partial charge in [0.05, 0.1) is 11.2 Å². The van der Waals surface area contributed by atoms with Gasteiger partial charge in [-0.05, 0) is 75.3 Å². The molecule has 0 saturated heterocycles. The number of hydrogen-bond acceptors (Lipinski definition) is 2. The Kier molecular flexibility index (Phi) is 6.85. The number of furan rings is 1. The van der Waals surface area contributed by atoms with Gasteiger partial charge in [0.1, 0.15) is 11.2 Å². The van der Waals surface area contributed by atoms with Crippen LogP contribution in [0.5, 0.6) is 0 Å². The highest BCUT2D eigenvalue weighted by Gasteiger charge is 2.19. The zero-order valence-electron chi connectivity index (χ0n) is 27.8. The Labute approximate surface area is 295 Å². The molecule has 51 heavy (non-hydrogen) atoms. The Hall–Kier alpha value is -6.77. The molecule has 0 unspecified atom stereocenters. The van der Waals surface area contributed by atoms with Crippen molar-refractivity contribution in [2.24, 2.45) is 0 Å². The van der Waals surface area contributed by atoms with Gasteiger partial charge in [-0.3, -0.25) is 0 Å². The Morgan fingerprint density at radius 3 is 1.49 bits per heavy atom. The molecule has 2 aromatic heterocycles. The van der Waals surface area contributed by atoms with Crippen LogP contribution >= 0.6 is 0 Å². The zero-order chi connectivity index (χ0) is 33.7. The van der Waals surface area contributed by atoms with E-state index in [0.29, 0.717) is 0 Å². The SMILES string of the molecule is c1ccc(-c2cc(-c3ccccc3)cc(-c3ccc(-c4cccc5c4nc(-c4ccccc4)c4ccc6oc7ccccc7c6c45)cc3)c2)cc1. The van der Waals surface area contributed by atoms with Gasteiger partial charge < -0.3 is 4.42 Å². The summed E-state index contributed by atoms with van der Waals surface area (Å²) in [6.45, 7) is 0. The number of benzene rings is 8. The lowest BCUT2D eigenvalue weighted by molar-refractivity contribution is 0.669. The standard InChI is InChI=1S/C49H31NO/c1-4-13-32(14-5-1)37-29-38(33-15-6-2-7-16-33)31-39(30-37)34-23-25-35(26-24-34)40-20-12-21-42-46-43(48(50-49(40)42)36-17-8-3-9-18-36)27-28-45-47(46)41-19-10-11-22-44(41)51-45/h1-31H. The van der Waals surface area contributed by atoms with E-state index in [1.54, 1.807) is 0 Å². The molecule has 0 aliphatic rings. The first-order valence-corrected chi connectivity index (χ1v) is 17.4. The Balaban J connectivity index is 1.17. The first kappa shape index (κ1) is 29.2. The molecule has 0 N–H and O–H groups in total. The number of rotatable bonds is 5. The maximum absolute atomic E-state index is 6.38. The van der Waals surface area contributed by atoms with Crippen LogP contribution in [-0.2, 0) is 0 Å². The molecule has 2 heteroatoms. The topological polar surface area (TPSA) is 26.0 Å². The molecule has 0 atom stereocenters. The van der Waals surface area contributed by atoms with Crippen LogP contribution in [-0.4, -0.2) is 4.98 Å². The fourth-order valence-corrected chi connectivity index (χ4v) is 7.61. The average Bonchev–Trinajstić information content (AvgIpc) is 3.60. The van der Waals surface area contributed by atoms with E-state index >= 15 is 0 Å². The highest BCUT2D eigenvalue weighted by molar-refractivity contribution is 6.29. The molecule has 0 spiro atoms. The second-order valence-corrected chi connectivity index (χ2v) is 13.1. The van der Waals surface area contributed by atoms with Crippen LogP contribution < -0.4 is 0 Å². The van der Waals surface area contributed by atoms with E-state index in [2.05, 4.69) is 176 Å². The smallest absolute Gasteiger partial charge is 0.136 e. The molecule has 238 valence electrons. The summed E-state index contributed by atoms with van der Waals surface area (Å²) in [5.74, 6) is 0. The monoisotopic (exact) mass is 649 g/mol. The van der Waals surface area contributed by atoms with Crippen LogP contribution in [0.2, 0.25) is 0 Å².